The molecule has 0 aromatic rings. The lowest BCUT2D eigenvalue weighted by molar-refractivity contribution is -0.119. The maximum Gasteiger partial charge on any atom is 0.132 e. The smallest absolute Gasteiger partial charge is 0.132 e. The van der Waals surface area contributed by atoms with Crippen molar-refractivity contribution in [2.24, 2.45) is 5.92 Å². The molecule has 114 valence electrons. The zero-order valence-electron chi connectivity index (χ0n) is 13.3. The van der Waals surface area contributed by atoms with E-state index in [1.165, 1.54) is 32.1 Å². The Hall–Kier alpha value is -0.370. The number of carbonyl (C=O) groups excluding carboxylic acids is 1. The average Bonchev–Trinajstić information content (AvgIpc) is 2.42. The molecule has 0 bridgehead atoms. The molecular weight excluding hydrogens is 236 g/mol. The van der Waals surface area contributed by atoms with Crippen LogP contribution in [0, 0.1) is 5.92 Å². The van der Waals surface area contributed by atoms with Crippen LogP contribution in [-0.4, -0.2) is 17.0 Å². The Kier molecular flexibility index (Phi) is 12.4. The summed E-state index contributed by atoms with van der Waals surface area (Å²) in [6, 6.07) is 0. The molecule has 0 rings (SSSR count). The van der Waals surface area contributed by atoms with Crippen molar-refractivity contribution in [3.8, 4) is 0 Å². The fourth-order valence-corrected chi connectivity index (χ4v) is 2.55. The molecule has 0 fully saturated rings. The number of hydrogen-bond donors (Lipinski definition) is 1. The van der Waals surface area contributed by atoms with Gasteiger partial charge in [0.05, 0.1) is 6.10 Å². The first-order valence-corrected chi connectivity index (χ1v) is 8.35. The van der Waals surface area contributed by atoms with E-state index in [1.807, 2.05) is 6.92 Å². The largest absolute Gasteiger partial charge is 0.393 e. The second-order valence-electron chi connectivity index (χ2n) is 5.75. The molecule has 0 heterocycles. The molecule has 0 aliphatic heterocycles. The number of ketones is 1. The van der Waals surface area contributed by atoms with Gasteiger partial charge in [-0.3, -0.25) is 4.79 Å². The van der Waals surface area contributed by atoms with Gasteiger partial charge in [-0.25, -0.2) is 0 Å². The van der Waals surface area contributed by atoms with Gasteiger partial charge in [0.1, 0.15) is 5.78 Å². The summed E-state index contributed by atoms with van der Waals surface area (Å²) < 4.78 is 0. The molecular formula is C17H34O2. The summed E-state index contributed by atoms with van der Waals surface area (Å²) in [5.41, 5.74) is 0. The van der Waals surface area contributed by atoms with E-state index in [4.69, 9.17) is 0 Å². The van der Waals surface area contributed by atoms with Crippen molar-refractivity contribution in [2.75, 3.05) is 0 Å². The normalized spacial score (nSPS) is 14.3. The molecule has 0 aliphatic rings. The van der Waals surface area contributed by atoms with E-state index < -0.39 is 0 Å². The average molecular weight is 270 g/mol. The predicted octanol–water partition coefficient (Wildman–Crippen LogP) is 4.88. The molecule has 2 nitrogen and oxygen atoms in total. The van der Waals surface area contributed by atoms with Gasteiger partial charge in [-0.2, -0.15) is 0 Å². The molecule has 0 amide bonds. The van der Waals surface area contributed by atoms with Crippen molar-refractivity contribution in [3.05, 3.63) is 0 Å². The Morgan fingerprint density at radius 3 is 2.00 bits per heavy atom. The van der Waals surface area contributed by atoms with E-state index in [1.54, 1.807) is 0 Å². The third-order valence-electron chi connectivity index (χ3n) is 4.01. The van der Waals surface area contributed by atoms with Crippen LogP contribution in [0.2, 0.25) is 0 Å². The highest BCUT2D eigenvalue weighted by molar-refractivity contribution is 5.77. The van der Waals surface area contributed by atoms with E-state index in [2.05, 4.69) is 13.8 Å². The number of hydrogen-bond acceptors (Lipinski definition) is 2. The van der Waals surface area contributed by atoms with Gasteiger partial charge in [-0.15, -0.1) is 0 Å². The van der Waals surface area contributed by atoms with E-state index in [-0.39, 0.29) is 6.10 Å². The van der Waals surface area contributed by atoms with Gasteiger partial charge in [0.15, 0.2) is 0 Å². The van der Waals surface area contributed by atoms with Gasteiger partial charge in [-0.05, 0) is 25.2 Å². The fraction of sp³-hybridized carbons (Fsp3) is 0.941. The standard InChI is InChI=1S/C17H34O2/c1-4-7-9-11-15(13-14-16(18)6-3)17(19)12-10-8-5-2/h15,17,19H,4-14H2,1-3H3. The highest BCUT2D eigenvalue weighted by Crippen LogP contribution is 2.23. The molecule has 0 spiro atoms. The summed E-state index contributed by atoms with van der Waals surface area (Å²) in [6.07, 6.45) is 11.1. The Balaban J connectivity index is 4.09. The summed E-state index contributed by atoms with van der Waals surface area (Å²) >= 11 is 0. The van der Waals surface area contributed by atoms with E-state index in [0.29, 0.717) is 24.5 Å². The maximum absolute atomic E-state index is 11.4. The zero-order chi connectivity index (χ0) is 14.5. The van der Waals surface area contributed by atoms with Crippen LogP contribution < -0.4 is 0 Å². The van der Waals surface area contributed by atoms with Crippen LogP contribution in [-0.2, 0) is 4.79 Å². The van der Waals surface area contributed by atoms with E-state index in [0.717, 1.165) is 25.7 Å². The van der Waals surface area contributed by atoms with E-state index >= 15 is 0 Å². The minimum absolute atomic E-state index is 0.201. The van der Waals surface area contributed by atoms with Gasteiger partial charge in [0.25, 0.3) is 0 Å². The number of rotatable bonds is 13. The Morgan fingerprint density at radius 2 is 1.47 bits per heavy atom. The molecule has 0 aliphatic carbocycles. The number of Topliss-reactive ketones (excluding diaryl/α,β-unsaturated/α-hetero) is 1. The van der Waals surface area contributed by atoms with Crippen LogP contribution in [0.5, 0.6) is 0 Å². The fourth-order valence-electron chi connectivity index (χ4n) is 2.55. The van der Waals surface area contributed by atoms with Gasteiger partial charge in [-0.1, -0.05) is 59.3 Å². The number of aliphatic hydroxyl groups is 1. The summed E-state index contributed by atoms with van der Waals surface area (Å²) in [6.45, 7) is 6.31. The van der Waals surface area contributed by atoms with Gasteiger partial charge >= 0.3 is 0 Å². The molecule has 0 aromatic carbocycles. The third kappa shape index (κ3) is 10.1. The quantitative estimate of drug-likeness (QED) is 0.484. The van der Waals surface area contributed by atoms with Crippen LogP contribution in [0.1, 0.15) is 91.4 Å². The number of aliphatic hydroxyl groups excluding tert-OH is 1. The zero-order valence-corrected chi connectivity index (χ0v) is 13.3. The molecule has 1 N–H and O–H groups in total. The van der Waals surface area contributed by atoms with Crippen LogP contribution in [0.3, 0.4) is 0 Å². The topological polar surface area (TPSA) is 37.3 Å². The minimum atomic E-state index is -0.201. The molecule has 2 atom stereocenters. The van der Waals surface area contributed by atoms with Crippen LogP contribution >= 0.6 is 0 Å². The lowest BCUT2D eigenvalue weighted by Gasteiger charge is -2.23. The molecule has 0 saturated heterocycles. The van der Waals surface area contributed by atoms with Crippen LogP contribution in [0.25, 0.3) is 0 Å². The second-order valence-corrected chi connectivity index (χ2v) is 5.75. The van der Waals surface area contributed by atoms with Gasteiger partial charge in [0.2, 0.25) is 0 Å². The first kappa shape index (κ1) is 18.6. The molecule has 0 aromatic heterocycles. The molecule has 2 unspecified atom stereocenters. The van der Waals surface area contributed by atoms with Crippen molar-refractivity contribution in [3.63, 3.8) is 0 Å². The number of carbonyl (C=O) groups is 1. The number of unbranched alkanes of at least 4 members (excludes halogenated alkanes) is 4. The summed E-state index contributed by atoms with van der Waals surface area (Å²) in [4.78, 5) is 11.4. The minimum Gasteiger partial charge on any atom is -0.393 e. The van der Waals surface area contributed by atoms with Crippen molar-refractivity contribution >= 4 is 5.78 Å². The Bertz CT molecular complexity index is 213. The van der Waals surface area contributed by atoms with Crippen molar-refractivity contribution < 1.29 is 9.90 Å². The maximum atomic E-state index is 11.4. The summed E-state index contributed by atoms with van der Waals surface area (Å²) in [5, 5.41) is 10.3. The molecule has 0 radical (unpaired) electrons. The molecule has 19 heavy (non-hydrogen) atoms. The lowest BCUT2D eigenvalue weighted by Crippen LogP contribution is -2.21. The first-order chi connectivity index (χ1) is 9.15. The predicted molar refractivity (Wildman–Crippen MR) is 82.3 cm³/mol. The van der Waals surface area contributed by atoms with Crippen LogP contribution in [0.15, 0.2) is 0 Å². The van der Waals surface area contributed by atoms with Crippen molar-refractivity contribution in [2.45, 2.75) is 97.5 Å². The third-order valence-corrected chi connectivity index (χ3v) is 4.01. The lowest BCUT2D eigenvalue weighted by atomic mass is 9.87. The van der Waals surface area contributed by atoms with Crippen molar-refractivity contribution in [1.82, 2.24) is 0 Å². The first-order valence-electron chi connectivity index (χ1n) is 8.35. The Labute approximate surface area is 120 Å². The monoisotopic (exact) mass is 270 g/mol. The van der Waals surface area contributed by atoms with Crippen LogP contribution in [0.4, 0.5) is 0 Å². The molecule has 2 heteroatoms. The second kappa shape index (κ2) is 12.7. The summed E-state index contributed by atoms with van der Waals surface area (Å²) in [7, 11) is 0. The van der Waals surface area contributed by atoms with Gasteiger partial charge < -0.3 is 5.11 Å². The molecule has 0 saturated carbocycles. The summed E-state index contributed by atoms with van der Waals surface area (Å²) in [5.74, 6) is 0.667. The highest BCUT2D eigenvalue weighted by atomic mass is 16.3. The van der Waals surface area contributed by atoms with Gasteiger partial charge in [0, 0.05) is 12.8 Å². The van der Waals surface area contributed by atoms with Crippen molar-refractivity contribution in [1.29, 1.82) is 0 Å². The SMILES string of the molecule is CCCCCC(O)C(CCCCC)CCC(=O)CC. The van der Waals surface area contributed by atoms with E-state index in [9.17, 15) is 9.90 Å². The highest BCUT2D eigenvalue weighted by Gasteiger charge is 2.19. The Morgan fingerprint density at radius 1 is 0.895 bits per heavy atom.